The molecule has 2 N–H and O–H groups in total. The van der Waals surface area contributed by atoms with Gasteiger partial charge in [0.05, 0.1) is 7.11 Å². The molecule has 0 unspecified atom stereocenters. The van der Waals surface area contributed by atoms with Crippen molar-refractivity contribution in [3.8, 4) is 5.75 Å². The van der Waals surface area contributed by atoms with Gasteiger partial charge in [0.25, 0.3) is 0 Å². The van der Waals surface area contributed by atoms with Crippen molar-refractivity contribution >= 4 is 5.97 Å². The number of rotatable bonds is 7. The monoisotopic (exact) mass is 293 g/mol. The molecule has 0 bridgehead atoms. The van der Waals surface area contributed by atoms with Crippen molar-refractivity contribution in [3.05, 3.63) is 29.3 Å². The fourth-order valence-electron chi connectivity index (χ4n) is 2.20. The number of hydrogen-bond acceptors (Lipinski definition) is 3. The molecule has 0 spiro atoms. The first kappa shape index (κ1) is 17.5. The highest BCUT2D eigenvalue weighted by atomic mass is 16.5. The molecule has 4 nitrogen and oxygen atoms in total. The van der Waals surface area contributed by atoms with Crippen molar-refractivity contribution in [3.63, 3.8) is 0 Å². The van der Waals surface area contributed by atoms with E-state index in [0.717, 1.165) is 23.3 Å². The summed E-state index contributed by atoms with van der Waals surface area (Å²) in [7, 11) is 1.64. The standard InChI is InChI=1S/C17H27NO3/c1-12-13(7-6-8-15(12)21-5)11-18-14(16(19)20)9-10-17(2,3)4/h6-8,14,18H,9-11H2,1-5H3,(H,19,20)/t14-/m0/s1. The Morgan fingerprint density at radius 3 is 2.57 bits per heavy atom. The second-order valence-electron chi connectivity index (χ2n) is 6.62. The van der Waals surface area contributed by atoms with Crippen LogP contribution in [0.15, 0.2) is 18.2 Å². The number of carboxylic acid groups (broad SMARTS) is 1. The fourth-order valence-corrected chi connectivity index (χ4v) is 2.20. The number of nitrogens with one attached hydrogen (secondary N) is 1. The van der Waals surface area contributed by atoms with E-state index in [4.69, 9.17) is 4.74 Å². The van der Waals surface area contributed by atoms with Crippen LogP contribution in [-0.2, 0) is 11.3 Å². The van der Waals surface area contributed by atoms with E-state index in [9.17, 15) is 9.90 Å². The normalized spacial score (nSPS) is 13.0. The minimum absolute atomic E-state index is 0.140. The maximum atomic E-state index is 11.4. The molecule has 0 aliphatic carbocycles. The Morgan fingerprint density at radius 1 is 1.38 bits per heavy atom. The molecule has 0 aliphatic rings. The SMILES string of the molecule is COc1cccc(CN[C@@H](CCC(C)(C)C)C(=O)O)c1C. The molecule has 4 heteroatoms. The van der Waals surface area contributed by atoms with Gasteiger partial charge in [0.2, 0.25) is 0 Å². The van der Waals surface area contributed by atoms with Crippen molar-refractivity contribution in [1.29, 1.82) is 0 Å². The number of ether oxygens (including phenoxy) is 1. The van der Waals surface area contributed by atoms with E-state index in [2.05, 4.69) is 26.1 Å². The number of benzene rings is 1. The van der Waals surface area contributed by atoms with Gasteiger partial charge in [0.15, 0.2) is 0 Å². The number of aliphatic carboxylic acids is 1. The Bertz CT molecular complexity index is 477. The van der Waals surface area contributed by atoms with Crippen molar-refractivity contribution in [2.24, 2.45) is 5.41 Å². The molecule has 118 valence electrons. The third kappa shape index (κ3) is 5.76. The smallest absolute Gasteiger partial charge is 0.320 e. The Morgan fingerprint density at radius 2 is 2.05 bits per heavy atom. The Hall–Kier alpha value is -1.55. The summed E-state index contributed by atoms with van der Waals surface area (Å²) in [5, 5.41) is 12.5. The predicted octanol–water partition coefficient (Wildman–Crippen LogP) is 3.37. The topological polar surface area (TPSA) is 58.6 Å². The fraction of sp³-hybridized carbons (Fsp3) is 0.588. The zero-order valence-corrected chi connectivity index (χ0v) is 13.7. The van der Waals surface area contributed by atoms with Gasteiger partial charge in [0, 0.05) is 6.54 Å². The molecular weight excluding hydrogens is 266 g/mol. The Balaban J connectivity index is 2.67. The lowest BCUT2D eigenvalue weighted by molar-refractivity contribution is -0.139. The predicted molar refractivity (Wildman–Crippen MR) is 84.7 cm³/mol. The van der Waals surface area contributed by atoms with Crippen LogP contribution in [0.5, 0.6) is 5.75 Å². The van der Waals surface area contributed by atoms with Crippen molar-refractivity contribution < 1.29 is 14.6 Å². The quantitative estimate of drug-likeness (QED) is 0.809. The van der Waals surface area contributed by atoms with Gasteiger partial charge in [-0.2, -0.15) is 0 Å². The molecule has 0 radical (unpaired) electrons. The first-order valence-electron chi connectivity index (χ1n) is 7.33. The second kappa shape index (κ2) is 7.46. The zero-order valence-electron chi connectivity index (χ0n) is 13.7. The highest BCUT2D eigenvalue weighted by Gasteiger charge is 2.20. The van der Waals surface area contributed by atoms with Crippen LogP contribution in [0.1, 0.15) is 44.7 Å². The first-order chi connectivity index (χ1) is 9.74. The van der Waals surface area contributed by atoms with Crippen LogP contribution in [-0.4, -0.2) is 24.2 Å². The van der Waals surface area contributed by atoms with E-state index in [1.165, 1.54) is 0 Å². The molecule has 0 fully saturated rings. The molecule has 0 aliphatic heterocycles. The lowest BCUT2D eigenvalue weighted by Crippen LogP contribution is -2.37. The van der Waals surface area contributed by atoms with E-state index in [-0.39, 0.29) is 5.41 Å². The third-order valence-corrected chi connectivity index (χ3v) is 3.64. The van der Waals surface area contributed by atoms with Gasteiger partial charge in [-0.3, -0.25) is 4.79 Å². The molecule has 1 aromatic rings. The maximum Gasteiger partial charge on any atom is 0.320 e. The van der Waals surface area contributed by atoms with E-state index in [1.807, 2.05) is 25.1 Å². The highest BCUT2D eigenvalue weighted by Crippen LogP contribution is 2.23. The van der Waals surface area contributed by atoms with Crippen LogP contribution in [0.25, 0.3) is 0 Å². The summed E-state index contributed by atoms with van der Waals surface area (Å²) >= 11 is 0. The lowest BCUT2D eigenvalue weighted by Gasteiger charge is -2.22. The maximum absolute atomic E-state index is 11.4. The molecule has 21 heavy (non-hydrogen) atoms. The average Bonchev–Trinajstić information content (AvgIpc) is 2.38. The molecule has 0 saturated heterocycles. The molecule has 0 amide bonds. The first-order valence-corrected chi connectivity index (χ1v) is 7.33. The van der Waals surface area contributed by atoms with E-state index >= 15 is 0 Å². The molecular formula is C17H27NO3. The minimum atomic E-state index is -0.792. The summed E-state index contributed by atoms with van der Waals surface area (Å²) in [5.74, 6) is 0.0377. The van der Waals surface area contributed by atoms with Crippen molar-refractivity contribution in [2.45, 2.75) is 53.1 Å². The number of methoxy groups -OCH3 is 1. The summed E-state index contributed by atoms with van der Waals surface area (Å²) in [4.78, 5) is 11.4. The van der Waals surface area contributed by atoms with Gasteiger partial charge in [-0.05, 0) is 42.4 Å². The van der Waals surface area contributed by atoms with Gasteiger partial charge in [-0.15, -0.1) is 0 Å². The van der Waals surface area contributed by atoms with Gasteiger partial charge in [-0.1, -0.05) is 32.9 Å². The third-order valence-electron chi connectivity index (χ3n) is 3.64. The molecule has 1 aromatic carbocycles. The second-order valence-corrected chi connectivity index (χ2v) is 6.62. The Kier molecular flexibility index (Phi) is 6.21. The summed E-state index contributed by atoms with van der Waals surface area (Å²) in [6, 6.07) is 5.31. The highest BCUT2D eigenvalue weighted by molar-refractivity contribution is 5.73. The van der Waals surface area contributed by atoms with Crippen LogP contribution in [0.3, 0.4) is 0 Å². The van der Waals surface area contributed by atoms with E-state index in [1.54, 1.807) is 7.11 Å². The summed E-state index contributed by atoms with van der Waals surface area (Å²) < 4.78 is 5.29. The van der Waals surface area contributed by atoms with E-state index < -0.39 is 12.0 Å². The van der Waals surface area contributed by atoms with Gasteiger partial charge in [-0.25, -0.2) is 0 Å². The largest absolute Gasteiger partial charge is 0.496 e. The number of carboxylic acids is 1. The lowest BCUT2D eigenvalue weighted by atomic mass is 9.88. The molecule has 1 atom stereocenters. The number of hydrogen-bond donors (Lipinski definition) is 2. The molecule has 0 saturated carbocycles. The average molecular weight is 293 g/mol. The Labute approximate surface area is 127 Å². The van der Waals surface area contributed by atoms with Crippen molar-refractivity contribution in [2.75, 3.05) is 7.11 Å². The van der Waals surface area contributed by atoms with Crippen LogP contribution >= 0.6 is 0 Å². The summed E-state index contributed by atoms with van der Waals surface area (Å²) in [6.07, 6.45) is 1.50. The van der Waals surface area contributed by atoms with Crippen LogP contribution in [0.4, 0.5) is 0 Å². The van der Waals surface area contributed by atoms with Gasteiger partial charge >= 0.3 is 5.97 Å². The van der Waals surface area contributed by atoms with Gasteiger partial charge < -0.3 is 15.2 Å². The molecule has 0 heterocycles. The zero-order chi connectivity index (χ0) is 16.0. The van der Waals surface area contributed by atoms with Crippen LogP contribution in [0.2, 0.25) is 0 Å². The van der Waals surface area contributed by atoms with Crippen molar-refractivity contribution in [1.82, 2.24) is 5.32 Å². The molecule has 0 aromatic heterocycles. The molecule has 1 rings (SSSR count). The van der Waals surface area contributed by atoms with E-state index in [0.29, 0.717) is 13.0 Å². The van der Waals surface area contributed by atoms with Gasteiger partial charge in [0.1, 0.15) is 11.8 Å². The van der Waals surface area contributed by atoms with Crippen LogP contribution in [0, 0.1) is 12.3 Å². The summed E-state index contributed by atoms with van der Waals surface area (Å²) in [5.41, 5.74) is 2.25. The minimum Gasteiger partial charge on any atom is -0.496 e. The summed E-state index contributed by atoms with van der Waals surface area (Å²) in [6.45, 7) is 8.89. The number of carbonyl (C=O) groups is 1. The van der Waals surface area contributed by atoms with Crippen LogP contribution < -0.4 is 10.1 Å².